The Morgan fingerprint density at radius 3 is 2.94 bits per heavy atom. The number of halogens is 1. The first kappa shape index (κ1) is 12.8. The Morgan fingerprint density at radius 2 is 2.22 bits per heavy atom. The quantitative estimate of drug-likeness (QED) is 0.856. The third kappa shape index (κ3) is 3.20. The van der Waals surface area contributed by atoms with Gasteiger partial charge in [0.15, 0.2) is 0 Å². The number of nitrogens with one attached hydrogen (secondary N) is 2. The van der Waals surface area contributed by atoms with Gasteiger partial charge in [-0.2, -0.15) is 0 Å². The highest BCUT2D eigenvalue weighted by Gasteiger charge is 2.07. The van der Waals surface area contributed by atoms with Crippen LogP contribution >= 0.6 is 0 Å². The van der Waals surface area contributed by atoms with Crippen molar-refractivity contribution in [1.82, 2.24) is 14.9 Å². The molecule has 0 aliphatic carbocycles. The summed E-state index contributed by atoms with van der Waals surface area (Å²) in [5, 5.41) is 3.29. The highest BCUT2D eigenvalue weighted by Crippen LogP contribution is 2.16. The lowest BCUT2D eigenvalue weighted by Gasteiger charge is -2.15. The molecule has 5 heteroatoms. The highest BCUT2D eigenvalue weighted by atomic mass is 19.1. The first-order chi connectivity index (χ1) is 8.54. The van der Waals surface area contributed by atoms with Gasteiger partial charge >= 0.3 is 0 Å². The molecule has 0 aliphatic heterocycles. The summed E-state index contributed by atoms with van der Waals surface area (Å²) < 4.78 is 13.0. The van der Waals surface area contributed by atoms with E-state index < -0.39 is 0 Å². The van der Waals surface area contributed by atoms with Crippen LogP contribution in [0.25, 0.3) is 11.0 Å². The Kier molecular flexibility index (Phi) is 3.81. The Labute approximate surface area is 106 Å². The van der Waals surface area contributed by atoms with Gasteiger partial charge in [0.25, 0.3) is 0 Å². The second kappa shape index (κ2) is 5.35. The van der Waals surface area contributed by atoms with Gasteiger partial charge in [0, 0.05) is 6.04 Å². The van der Waals surface area contributed by atoms with Crippen LogP contribution in [0.15, 0.2) is 18.2 Å². The van der Waals surface area contributed by atoms with Gasteiger partial charge in [0.05, 0.1) is 11.0 Å². The largest absolute Gasteiger partial charge is 0.353 e. The first-order valence-corrected chi connectivity index (χ1v) is 6.11. The lowest BCUT2D eigenvalue weighted by molar-refractivity contribution is 0.390. The van der Waals surface area contributed by atoms with E-state index in [0.29, 0.717) is 12.0 Å². The third-order valence-corrected chi connectivity index (χ3v) is 2.84. The number of benzene rings is 1. The lowest BCUT2D eigenvalue weighted by Crippen LogP contribution is -2.23. The molecule has 1 unspecified atom stereocenters. The summed E-state index contributed by atoms with van der Waals surface area (Å²) in [6, 6.07) is 4.87. The van der Waals surface area contributed by atoms with Crippen molar-refractivity contribution in [1.29, 1.82) is 0 Å². The van der Waals surface area contributed by atoms with Crippen LogP contribution in [0.4, 0.5) is 10.3 Å². The summed E-state index contributed by atoms with van der Waals surface area (Å²) in [6.07, 6.45) is 1.03. The summed E-state index contributed by atoms with van der Waals surface area (Å²) in [5.41, 5.74) is 1.50. The van der Waals surface area contributed by atoms with Crippen LogP contribution in [0.3, 0.4) is 0 Å². The van der Waals surface area contributed by atoms with Crippen molar-refractivity contribution in [3.8, 4) is 0 Å². The summed E-state index contributed by atoms with van der Waals surface area (Å²) in [5.74, 6) is 0.445. The molecule has 0 fully saturated rings. The molecule has 0 radical (unpaired) electrons. The molecule has 1 aromatic heterocycles. The minimum Gasteiger partial charge on any atom is -0.353 e. The summed E-state index contributed by atoms with van der Waals surface area (Å²) in [4.78, 5) is 9.60. The first-order valence-electron chi connectivity index (χ1n) is 6.11. The Hall–Kier alpha value is -1.62. The number of nitrogens with zero attached hydrogens (tertiary/aromatic N) is 2. The topological polar surface area (TPSA) is 44.0 Å². The Morgan fingerprint density at radius 1 is 1.44 bits per heavy atom. The summed E-state index contributed by atoms with van der Waals surface area (Å²) in [7, 11) is 4.10. The molecule has 1 atom stereocenters. The number of hydrogen-bond acceptors (Lipinski definition) is 3. The maximum atomic E-state index is 13.0. The molecule has 2 N–H and O–H groups in total. The number of aromatic amines is 1. The van der Waals surface area contributed by atoms with Crippen molar-refractivity contribution in [2.75, 3.05) is 26.0 Å². The van der Waals surface area contributed by atoms with Crippen LogP contribution in [0, 0.1) is 5.82 Å². The number of rotatable bonds is 5. The van der Waals surface area contributed by atoms with Gasteiger partial charge in [0.2, 0.25) is 5.95 Å². The van der Waals surface area contributed by atoms with Crippen molar-refractivity contribution in [3.05, 3.63) is 24.0 Å². The van der Waals surface area contributed by atoms with E-state index in [9.17, 15) is 4.39 Å². The maximum Gasteiger partial charge on any atom is 0.201 e. The second-order valence-corrected chi connectivity index (χ2v) is 4.88. The van der Waals surface area contributed by atoms with E-state index in [1.165, 1.54) is 12.1 Å². The number of fused-ring (bicyclic) bond motifs is 1. The van der Waals surface area contributed by atoms with Gasteiger partial charge in [-0.3, -0.25) is 0 Å². The van der Waals surface area contributed by atoms with E-state index in [2.05, 4.69) is 41.2 Å². The molecule has 0 saturated carbocycles. The van der Waals surface area contributed by atoms with Gasteiger partial charge in [-0.05, 0) is 52.2 Å². The van der Waals surface area contributed by atoms with Gasteiger partial charge in [-0.25, -0.2) is 9.37 Å². The van der Waals surface area contributed by atoms with Gasteiger partial charge in [0.1, 0.15) is 5.82 Å². The van der Waals surface area contributed by atoms with Gasteiger partial charge in [-0.15, -0.1) is 0 Å². The zero-order valence-corrected chi connectivity index (χ0v) is 11.0. The molecule has 2 rings (SSSR count). The standard InChI is InChI=1S/C13H19FN4/c1-9(6-7-18(2)3)15-13-16-11-5-4-10(14)8-12(11)17-13/h4-5,8-9H,6-7H2,1-3H3,(H2,15,16,17). The minimum atomic E-state index is -0.252. The average molecular weight is 250 g/mol. The van der Waals surface area contributed by atoms with E-state index in [1.807, 2.05) is 0 Å². The molecule has 18 heavy (non-hydrogen) atoms. The fraction of sp³-hybridized carbons (Fsp3) is 0.462. The van der Waals surface area contributed by atoms with Crippen LogP contribution in [-0.4, -0.2) is 41.5 Å². The predicted molar refractivity (Wildman–Crippen MR) is 72.3 cm³/mol. The third-order valence-electron chi connectivity index (χ3n) is 2.84. The van der Waals surface area contributed by atoms with Crippen molar-refractivity contribution >= 4 is 17.0 Å². The maximum absolute atomic E-state index is 13.0. The van der Waals surface area contributed by atoms with Crippen LogP contribution < -0.4 is 5.32 Å². The minimum absolute atomic E-state index is 0.252. The SMILES string of the molecule is CC(CCN(C)C)Nc1nc2ccc(F)cc2[nH]1. The number of H-pyrrole nitrogens is 1. The normalized spacial score (nSPS) is 13.2. The van der Waals surface area contributed by atoms with Crippen LogP contribution in [0.2, 0.25) is 0 Å². The average Bonchev–Trinajstić information content (AvgIpc) is 2.67. The molecule has 0 saturated heterocycles. The molecular formula is C13H19FN4. The van der Waals surface area contributed by atoms with E-state index >= 15 is 0 Å². The Balaban J connectivity index is 2.03. The van der Waals surface area contributed by atoms with E-state index in [-0.39, 0.29) is 5.82 Å². The predicted octanol–water partition coefficient (Wildman–Crippen LogP) is 2.45. The summed E-state index contributed by atoms with van der Waals surface area (Å²) >= 11 is 0. The molecule has 0 spiro atoms. The van der Waals surface area contributed by atoms with Crippen molar-refractivity contribution in [2.45, 2.75) is 19.4 Å². The number of hydrogen-bond donors (Lipinski definition) is 2. The molecule has 2 aromatic rings. The monoisotopic (exact) mass is 250 g/mol. The smallest absolute Gasteiger partial charge is 0.201 e. The van der Waals surface area contributed by atoms with Gasteiger partial charge < -0.3 is 15.2 Å². The summed E-state index contributed by atoms with van der Waals surface area (Å²) in [6.45, 7) is 3.13. The zero-order chi connectivity index (χ0) is 13.1. The molecule has 1 heterocycles. The van der Waals surface area contributed by atoms with Crippen molar-refractivity contribution < 1.29 is 4.39 Å². The highest BCUT2D eigenvalue weighted by molar-refractivity contribution is 5.77. The van der Waals surface area contributed by atoms with Gasteiger partial charge in [-0.1, -0.05) is 0 Å². The Bertz CT molecular complexity index is 521. The van der Waals surface area contributed by atoms with Crippen molar-refractivity contribution in [2.24, 2.45) is 0 Å². The number of imidazole rings is 1. The fourth-order valence-corrected chi connectivity index (χ4v) is 1.81. The molecule has 0 aliphatic rings. The van der Waals surface area contributed by atoms with E-state index in [4.69, 9.17) is 0 Å². The molecule has 1 aromatic carbocycles. The molecule has 0 amide bonds. The lowest BCUT2D eigenvalue weighted by atomic mass is 10.2. The molecule has 4 nitrogen and oxygen atoms in total. The fourth-order valence-electron chi connectivity index (χ4n) is 1.81. The number of aromatic nitrogens is 2. The van der Waals surface area contributed by atoms with E-state index in [1.54, 1.807) is 6.07 Å². The van der Waals surface area contributed by atoms with E-state index in [0.717, 1.165) is 24.0 Å². The molecule has 98 valence electrons. The van der Waals surface area contributed by atoms with Crippen LogP contribution in [-0.2, 0) is 0 Å². The zero-order valence-electron chi connectivity index (χ0n) is 11.0. The molecular weight excluding hydrogens is 231 g/mol. The van der Waals surface area contributed by atoms with Crippen LogP contribution in [0.1, 0.15) is 13.3 Å². The van der Waals surface area contributed by atoms with Crippen LogP contribution in [0.5, 0.6) is 0 Å². The second-order valence-electron chi connectivity index (χ2n) is 4.88. The van der Waals surface area contributed by atoms with Crippen molar-refractivity contribution in [3.63, 3.8) is 0 Å². The molecule has 0 bridgehead atoms. The number of anilines is 1.